The number of hydrogen-bond acceptors (Lipinski definition) is 2. The number of rotatable bonds is 5. The van der Waals surface area contributed by atoms with Crippen LogP contribution in [0.2, 0.25) is 0 Å². The number of furan rings is 1. The van der Waals surface area contributed by atoms with Crippen molar-refractivity contribution in [1.29, 1.82) is 0 Å². The van der Waals surface area contributed by atoms with Crippen LogP contribution in [-0.2, 0) is 0 Å². The summed E-state index contributed by atoms with van der Waals surface area (Å²) >= 11 is 0. The first-order chi connectivity index (χ1) is 19.6. The third-order valence-corrected chi connectivity index (χ3v) is 7.71. The number of nitrogens with zero attached hydrogens (tertiary/aromatic N) is 2. The van der Waals surface area contributed by atoms with E-state index in [0.29, 0.717) is 5.92 Å². The van der Waals surface area contributed by atoms with Crippen molar-refractivity contribution in [1.82, 2.24) is 9.55 Å². The fourth-order valence-corrected chi connectivity index (χ4v) is 5.71. The van der Waals surface area contributed by atoms with Crippen LogP contribution in [0.25, 0.3) is 61.3 Å². The van der Waals surface area contributed by atoms with Crippen molar-refractivity contribution in [3.05, 3.63) is 133 Å². The number of aromatic nitrogens is 2. The highest BCUT2D eigenvalue weighted by Gasteiger charge is 2.24. The summed E-state index contributed by atoms with van der Waals surface area (Å²) in [5.41, 5.74) is 12.1. The Balaban J connectivity index is 1.63. The smallest absolute Gasteiger partial charge is 0.149 e. The highest BCUT2D eigenvalue weighted by molar-refractivity contribution is 5.98. The summed E-state index contributed by atoms with van der Waals surface area (Å²) in [6.07, 6.45) is 1.87. The van der Waals surface area contributed by atoms with Gasteiger partial charge in [0, 0.05) is 16.5 Å². The molecular weight excluding hydrogens is 488 g/mol. The summed E-state index contributed by atoms with van der Waals surface area (Å²) in [6.45, 7) is 6.62. The molecule has 194 valence electrons. The monoisotopic (exact) mass is 518 g/mol. The zero-order chi connectivity index (χ0) is 27.2. The molecule has 0 aliphatic rings. The number of aryl methyl sites for hydroxylation is 1. The summed E-state index contributed by atoms with van der Waals surface area (Å²) in [5.74, 6) is 1.29. The number of benzene rings is 5. The molecule has 0 saturated carbocycles. The van der Waals surface area contributed by atoms with Gasteiger partial charge in [-0.2, -0.15) is 0 Å². The summed E-state index contributed by atoms with van der Waals surface area (Å²) < 4.78 is 8.46. The molecule has 0 atom stereocenters. The number of hydrogen-bond donors (Lipinski definition) is 0. The van der Waals surface area contributed by atoms with Crippen molar-refractivity contribution >= 4 is 22.0 Å². The molecule has 3 heteroatoms. The predicted molar refractivity (Wildman–Crippen MR) is 166 cm³/mol. The number of fused-ring (bicyclic) bond motifs is 2. The first kappa shape index (κ1) is 24.2. The standard InChI is InChI=1S/C37H30N2O/c1-24(2)28-18-19-35-31(22-28)32(23-40-35)37-38-33-16-10-11-17-34(33)39(37)36-29(26-12-6-4-7-13-26)20-25(3)21-30(36)27-14-8-5-9-15-27/h4-24H,1-3H3. The average molecular weight is 519 g/mol. The molecule has 0 radical (unpaired) electrons. The summed E-state index contributed by atoms with van der Waals surface area (Å²) in [4.78, 5) is 5.25. The average Bonchev–Trinajstić information content (AvgIpc) is 3.58. The SMILES string of the molecule is Cc1cc(-c2ccccc2)c(-n2c(-c3coc4ccc(C(C)C)cc34)nc3ccccc32)c(-c2ccccc2)c1. The lowest BCUT2D eigenvalue weighted by molar-refractivity contribution is 0.616. The number of imidazole rings is 1. The highest BCUT2D eigenvalue weighted by atomic mass is 16.3. The van der Waals surface area contributed by atoms with Gasteiger partial charge in [-0.25, -0.2) is 4.98 Å². The van der Waals surface area contributed by atoms with Crippen LogP contribution in [0, 0.1) is 6.92 Å². The zero-order valence-electron chi connectivity index (χ0n) is 22.9. The Bertz CT molecular complexity index is 1920. The second-order valence-electron chi connectivity index (χ2n) is 10.8. The minimum atomic E-state index is 0.414. The lowest BCUT2D eigenvalue weighted by Gasteiger charge is -2.20. The molecule has 0 fully saturated rings. The van der Waals surface area contributed by atoms with Gasteiger partial charge in [-0.1, -0.05) is 92.7 Å². The molecule has 40 heavy (non-hydrogen) atoms. The van der Waals surface area contributed by atoms with Crippen LogP contribution in [-0.4, -0.2) is 9.55 Å². The van der Waals surface area contributed by atoms with Crippen molar-refractivity contribution in [2.45, 2.75) is 26.7 Å². The molecule has 0 aliphatic carbocycles. The minimum Gasteiger partial charge on any atom is -0.464 e. The van der Waals surface area contributed by atoms with Crippen molar-refractivity contribution in [2.75, 3.05) is 0 Å². The number of para-hydroxylation sites is 2. The third kappa shape index (κ3) is 4.02. The molecule has 0 N–H and O–H groups in total. The van der Waals surface area contributed by atoms with Crippen LogP contribution >= 0.6 is 0 Å². The van der Waals surface area contributed by atoms with E-state index in [9.17, 15) is 0 Å². The fraction of sp³-hybridized carbons (Fsp3) is 0.108. The highest BCUT2D eigenvalue weighted by Crippen LogP contribution is 2.42. The topological polar surface area (TPSA) is 31.0 Å². The molecule has 0 bridgehead atoms. The van der Waals surface area contributed by atoms with Gasteiger partial charge in [-0.15, -0.1) is 0 Å². The van der Waals surface area contributed by atoms with Gasteiger partial charge >= 0.3 is 0 Å². The van der Waals surface area contributed by atoms with E-state index in [0.717, 1.165) is 39.1 Å². The van der Waals surface area contributed by atoms with Gasteiger partial charge in [0.15, 0.2) is 0 Å². The molecule has 2 heterocycles. The van der Waals surface area contributed by atoms with Crippen LogP contribution in [0.5, 0.6) is 0 Å². The van der Waals surface area contributed by atoms with E-state index >= 15 is 0 Å². The maximum absolute atomic E-state index is 6.12. The van der Waals surface area contributed by atoms with E-state index in [1.54, 1.807) is 0 Å². The van der Waals surface area contributed by atoms with Crippen molar-refractivity contribution in [2.24, 2.45) is 0 Å². The predicted octanol–water partition coefficient (Wildman–Crippen LogP) is 10.2. The van der Waals surface area contributed by atoms with Crippen LogP contribution in [0.3, 0.4) is 0 Å². The second kappa shape index (κ2) is 9.69. The molecule has 7 aromatic rings. The van der Waals surface area contributed by atoms with Crippen molar-refractivity contribution in [3.63, 3.8) is 0 Å². The Kier molecular flexibility index (Phi) is 5.86. The minimum absolute atomic E-state index is 0.414. The normalized spacial score (nSPS) is 11.6. The zero-order valence-corrected chi connectivity index (χ0v) is 22.9. The maximum atomic E-state index is 6.12. The van der Waals surface area contributed by atoms with Gasteiger partial charge < -0.3 is 4.42 Å². The lowest BCUT2D eigenvalue weighted by atomic mass is 9.93. The molecule has 0 unspecified atom stereocenters. The van der Waals surface area contributed by atoms with Gasteiger partial charge in [0.1, 0.15) is 17.7 Å². The van der Waals surface area contributed by atoms with Gasteiger partial charge in [-0.05, 0) is 71.5 Å². The molecule has 3 nitrogen and oxygen atoms in total. The molecule has 7 rings (SSSR count). The maximum Gasteiger partial charge on any atom is 0.149 e. The fourth-order valence-electron chi connectivity index (χ4n) is 5.71. The second-order valence-corrected chi connectivity index (χ2v) is 10.8. The van der Waals surface area contributed by atoms with E-state index in [1.165, 1.54) is 33.4 Å². The summed E-state index contributed by atoms with van der Waals surface area (Å²) in [7, 11) is 0. The molecular formula is C37H30N2O. The largest absolute Gasteiger partial charge is 0.464 e. The first-order valence-corrected chi connectivity index (χ1v) is 13.8. The van der Waals surface area contributed by atoms with E-state index in [1.807, 2.05) is 6.26 Å². The van der Waals surface area contributed by atoms with E-state index < -0.39 is 0 Å². The Morgan fingerprint density at radius 1 is 0.675 bits per heavy atom. The lowest BCUT2D eigenvalue weighted by Crippen LogP contribution is -2.03. The first-order valence-electron chi connectivity index (χ1n) is 13.8. The quantitative estimate of drug-likeness (QED) is 0.227. The van der Waals surface area contributed by atoms with E-state index in [2.05, 4.69) is 141 Å². The van der Waals surface area contributed by atoms with Gasteiger partial charge in [0.25, 0.3) is 0 Å². The molecule has 0 aliphatic heterocycles. The Morgan fingerprint density at radius 2 is 1.30 bits per heavy atom. The van der Waals surface area contributed by atoms with E-state index in [-0.39, 0.29) is 0 Å². The Labute approximate surface area is 234 Å². The Morgan fingerprint density at radius 3 is 1.95 bits per heavy atom. The molecule has 0 spiro atoms. The van der Waals surface area contributed by atoms with Crippen molar-refractivity contribution < 1.29 is 4.42 Å². The van der Waals surface area contributed by atoms with Crippen LogP contribution in [0.15, 0.2) is 126 Å². The van der Waals surface area contributed by atoms with Crippen LogP contribution in [0.1, 0.15) is 30.9 Å². The summed E-state index contributed by atoms with van der Waals surface area (Å²) in [5, 5.41) is 1.08. The van der Waals surface area contributed by atoms with Crippen molar-refractivity contribution in [3.8, 4) is 39.3 Å². The molecule has 0 amide bonds. The summed E-state index contributed by atoms with van der Waals surface area (Å²) in [6, 6.07) is 40.8. The molecule has 0 saturated heterocycles. The van der Waals surface area contributed by atoms with Crippen LogP contribution < -0.4 is 0 Å². The van der Waals surface area contributed by atoms with Gasteiger partial charge in [0.2, 0.25) is 0 Å². The molecule has 2 aromatic heterocycles. The van der Waals surface area contributed by atoms with Gasteiger partial charge in [0.05, 0.1) is 22.3 Å². The molecule has 5 aromatic carbocycles. The van der Waals surface area contributed by atoms with Gasteiger partial charge in [-0.3, -0.25) is 4.57 Å². The van der Waals surface area contributed by atoms with E-state index in [4.69, 9.17) is 9.40 Å². The Hall–Kier alpha value is -4.89. The van der Waals surface area contributed by atoms with Crippen LogP contribution in [0.4, 0.5) is 0 Å². The third-order valence-electron chi connectivity index (χ3n) is 7.71.